The van der Waals surface area contributed by atoms with Crippen molar-refractivity contribution >= 4 is 40.5 Å². The summed E-state index contributed by atoms with van der Waals surface area (Å²) in [5.41, 5.74) is 2.38. The molecule has 2 amide bonds. The fraction of sp³-hybridized carbons (Fsp3) is 0.400. The molecule has 8 heteroatoms. The van der Waals surface area contributed by atoms with E-state index in [4.69, 9.17) is 17.0 Å². The Kier molecular flexibility index (Phi) is 9.06. The van der Waals surface area contributed by atoms with Crippen LogP contribution in [0.25, 0.3) is 0 Å². The van der Waals surface area contributed by atoms with Crippen molar-refractivity contribution in [3.8, 4) is 5.75 Å². The molecular weight excluding hydrogens is 436 g/mol. The molecule has 0 saturated carbocycles. The van der Waals surface area contributed by atoms with Crippen LogP contribution in [0.3, 0.4) is 0 Å². The Labute approximate surface area is 201 Å². The predicted molar refractivity (Wildman–Crippen MR) is 136 cm³/mol. The number of carbonyl (C=O) groups excluding carboxylic acids is 2. The van der Waals surface area contributed by atoms with Crippen LogP contribution in [-0.2, 0) is 4.79 Å². The average Bonchev–Trinajstić information content (AvgIpc) is 2.84. The molecule has 0 aliphatic carbocycles. The Hall–Kier alpha value is -3.13. The molecule has 2 aromatic rings. The van der Waals surface area contributed by atoms with Gasteiger partial charge in [0.05, 0.1) is 6.61 Å². The molecule has 1 aliphatic heterocycles. The van der Waals surface area contributed by atoms with Crippen LogP contribution in [0.4, 0.5) is 11.4 Å². The van der Waals surface area contributed by atoms with Gasteiger partial charge in [-0.1, -0.05) is 26.3 Å². The number of anilines is 2. The van der Waals surface area contributed by atoms with E-state index in [2.05, 4.69) is 22.5 Å². The molecule has 3 rings (SSSR count). The summed E-state index contributed by atoms with van der Waals surface area (Å²) in [5.74, 6) is 0.593. The molecule has 0 spiro atoms. The van der Waals surface area contributed by atoms with E-state index in [1.54, 1.807) is 18.2 Å². The highest BCUT2D eigenvalue weighted by molar-refractivity contribution is 7.80. The number of benzene rings is 2. The van der Waals surface area contributed by atoms with Gasteiger partial charge in [0.15, 0.2) is 5.11 Å². The second kappa shape index (κ2) is 12.2. The van der Waals surface area contributed by atoms with Gasteiger partial charge in [-0.05, 0) is 61.1 Å². The third-order valence-corrected chi connectivity index (χ3v) is 5.72. The van der Waals surface area contributed by atoms with E-state index < -0.39 is 0 Å². The van der Waals surface area contributed by atoms with Crippen molar-refractivity contribution in [3.05, 3.63) is 54.1 Å². The zero-order valence-corrected chi connectivity index (χ0v) is 20.1. The van der Waals surface area contributed by atoms with E-state index >= 15 is 0 Å². The minimum atomic E-state index is -0.287. The van der Waals surface area contributed by atoms with Crippen molar-refractivity contribution in [3.63, 3.8) is 0 Å². The number of nitrogens with one attached hydrogen (secondary N) is 2. The number of piperazine rings is 1. The van der Waals surface area contributed by atoms with Crippen LogP contribution >= 0.6 is 12.2 Å². The summed E-state index contributed by atoms with van der Waals surface area (Å²) in [6, 6.07) is 15.0. The number of amides is 2. The number of hydrogen-bond acceptors (Lipinski definition) is 5. The number of nitrogens with zero attached hydrogens (tertiary/aromatic N) is 2. The van der Waals surface area contributed by atoms with Crippen LogP contribution < -0.4 is 20.3 Å². The molecule has 0 aromatic heterocycles. The van der Waals surface area contributed by atoms with Gasteiger partial charge in [-0.25, -0.2) is 0 Å². The summed E-state index contributed by atoms with van der Waals surface area (Å²) in [5, 5.41) is 6.00. The zero-order chi connectivity index (χ0) is 23.6. The van der Waals surface area contributed by atoms with Crippen LogP contribution in [-0.4, -0.2) is 54.6 Å². The molecule has 0 bridgehead atoms. The first-order valence-electron chi connectivity index (χ1n) is 11.5. The van der Waals surface area contributed by atoms with E-state index in [9.17, 15) is 9.59 Å². The summed E-state index contributed by atoms with van der Waals surface area (Å²) < 4.78 is 5.67. The molecule has 176 valence electrons. The number of ether oxygens (including phenoxy) is 1. The van der Waals surface area contributed by atoms with Gasteiger partial charge in [0, 0.05) is 49.5 Å². The van der Waals surface area contributed by atoms with E-state index in [1.807, 2.05) is 42.2 Å². The third-order valence-electron chi connectivity index (χ3n) is 5.52. The molecule has 1 fully saturated rings. The summed E-state index contributed by atoms with van der Waals surface area (Å²) in [7, 11) is 0. The van der Waals surface area contributed by atoms with Gasteiger partial charge in [0.2, 0.25) is 5.91 Å². The topological polar surface area (TPSA) is 73.9 Å². The Morgan fingerprint density at radius 3 is 2.42 bits per heavy atom. The number of hydrogen-bond donors (Lipinski definition) is 2. The Bertz CT molecular complexity index is 956. The highest BCUT2D eigenvalue weighted by Gasteiger charge is 2.20. The molecule has 1 aliphatic rings. The van der Waals surface area contributed by atoms with Crippen molar-refractivity contribution in [2.75, 3.05) is 43.0 Å². The van der Waals surface area contributed by atoms with E-state index in [-0.39, 0.29) is 16.9 Å². The van der Waals surface area contributed by atoms with Crippen LogP contribution in [0.2, 0.25) is 0 Å². The monoisotopic (exact) mass is 468 g/mol. The molecule has 0 atom stereocenters. The number of rotatable bonds is 8. The molecule has 1 saturated heterocycles. The normalized spacial score (nSPS) is 13.4. The summed E-state index contributed by atoms with van der Waals surface area (Å²) in [6.45, 7) is 7.74. The van der Waals surface area contributed by atoms with Crippen LogP contribution in [0.15, 0.2) is 48.5 Å². The van der Waals surface area contributed by atoms with Crippen molar-refractivity contribution in [2.24, 2.45) is 0 Å². The van der Waals surface area contributed by atoms with E-state index in [1.165, 1.54) is 0 Å². The van der Waals surface area contributed by atoms with Gasteiger partial charge in [0.1, 0.15) is 5.75 Å². The van der Waals surface area contributed by atoms with Gasteiger partial charge in [-0.15, -0.1) is 0 Å². The molecule has 33 heavy (non-hydrogen) atoms. The quantitative estimate of drug-likeness (QED) is 0.450. The Morgan fingerprint density at radius 2 is 1.76 bits per heavy atom. The minimum absolute atomic E-state index is 0.209. The maximum Gasteiger partial charge on any atom is 0.257 e. The van der Waals surface area contributed by atoms with E-state index in [0.29, 0.717) is 24.3 Å². The fourth-order valence-corrected chi connectivity index (χ4v) is 3.80. The van der Waals surface area contributed by atoms with Gasteiger partial charge in [-0.2, -0.15) is 0 Å². The molecule has 0 unspecified atom stereocenters. The predicted octanol–water partition coefficient (Wildman–Crippen LogP) is 4.05. The van der Waals surface area contributed by atoms with Gasteiger partial charge in [-0.3, -0.25) is 14.9 Å². The number of thiocarbonyl (C=S) groups is 1. The van der Waals surface area contributed by atoms with Crippen molar-refractivity contribution in [2.45, 2.75) is 33.1 Å². The molecule has 7 nitrogen and oxygen atoms in total. The number of unbranched alkanes of at least 4 members (excludes halogenated alkanes) is 1. The first-order valence-corrected chi connectivity index (χ1v) is 11.9. The maximum atomic E-state index is 12.6. The van der Waals surface area contributed by atoms with Gasteiger partial charge < -0.3 is 19.9 Å². The molecule has 2 N–H and O–H groups in total. The first kappa shape index (κ1) is 24.5. The number of carbonyl (C=O) groups is 2. The first-order chi connectivity index (χ1) is 16.0. The Morgan fingerprint density at radius 1 is 1.03 bits per heavy atom. The van der Waals surface area contributed by atoms with Crippen molar-refractivity contribution in [1.82, 2.24) is 10.2 Å². The molecule has 0 radical (unpaired) electrons. The smallest absolute Gasteiger partial charge is 0.257 e. The van der Waals surface area contributed by atoms with Crippen LogP contribution in [0.5, 0.6) is 5.75 Å². The standard InChI is InChI=1S/C25H32N4O3S/c1-3-5-17-32-22-8-6-7-19(18-22)24(31)27-25(33)26-20-9-11-21(12-10-20)28-13-15-29(16-14-28)23(30)4-2/h6-12,18H,3-5,13-17H2,1-2H3,(H2,26,27,31,33). The third kappa shape index (κ3) is 7.18. The summed E-state index contributed by atoms with van der Waals surface area (Å²) in [6.07, 6.45) is 2.57. The lowest BCUT2D eigenvalue weighted by Gasteiger charge is -2.36. The van der Waals surface area contributed by atoms with E-state index in [0.717, 1.165) is 50.4 Å². The summed E-state index contributed by atoms with van der Waals surface area (Å²) in [4.78, 5) is 28.6. The van der Waals surface area contributed by atoms with Crippen LogP contribution in [0.1, 0.15) is 43.5 Å². The van der Waals surface area contributed by atoms with Crippen molar-refractivity contribution in [1.29, 1.82) is 0 Å². The minimum Gasteiger partial charge on any atom is -0.494 e. The SMILES string of the molecule is CCCCOc1cccc(C(=O)NC(=S)Nc2ccc(N3CCN(C(=O)CC)CC3)cc2)c1. The lowest BCUT2D eigenvalue weighted by atomic mass is 10.2. The highest BCUT2D eigenvalue weighted by Crippen LogP contribution is 2.20. The van der Waals surface area contributed by atoms with Gasteiger partial charge in [0.25, 0.3) is 5.91 Å². The van der Waals surface area contributed by atoms with Crippen molar-refractivity contribution < 1.29 is 14.3 Å². The Balaban J connectivity index is 1.49. The average molecular weight is 469 g/mol. The molecule has 1 heterocycles. The zero-order valence-electron chi connectivity index (χ0n) is 19.3. The van der Waals surface area contributed by atoms with Crippen LogP contribution in [0, 0.1) is 0 Å². The lowest BCUT2D eigenvalue weighted by molar-refractivity contribution is -0.131. The summed E-state index contributed by atoms with van der Waals surface area (Å²) >= 11 is 5.32. The fourth-order valence-electron chi connectivity index (χ4n) is 3.59. The van der Waals surface area contributed by atoms with Gasteiger partial charge >= 0.3 is 0 Å². The lowest BCUT2D eigenvalue weighted by Crippen LogP contribution is -2.48. The highest BCUT2D eigenvalue weighted by atomic mass is 32.1. The largest absolute Gasteiger partial charge is 0.494 e. The molecular formula is C25H32N4O3S. The molecule has 2 aromatic carbocycles. The second-order valence-electron chi connectivity index (χ2n) is 7.91. The maximum absolute atomic E-state index is 12.6. The second-order valence-corrected chi connectivity index (χ2v) is 8.31.